The lowest BCUT2D eigenvalue weighted by molar-refractivity contribution is -0.300. The number of aliphatic carboxylic acids is 1. The Hall–Kier alpha value is -4.87. The number of fused-ring (bicyclic) bond motifs is 2. The third-order valence-electron chi connectivity index (χ3n) is 13.9. The molecule has 2 bridgehead atoms. The van der Waals surface area contributed by atoms with Crippen molar-refractivity contribution < 1.29 is 103 Å². The van der Waals surface area contributed by atoms with Crippen LogP contribution >= 0.6 is 0 Å². The van der Waals surface area contributed by atoms with Gasteiger partial charge in [0.1, 0.15) is 24.1 Å². The number of cyclic esters (lactones) is 1. The Labute approximate surface area is 459 Å². The second kappa shape index (κ2) is 33.2. The summed E-state index contributed by atoms with van der Waals surface area (Å²) in [4.78, 5) is 62.7. The van der Waals surface area contributed by atoms with Crippen molar-refractivity contribution in [3.05, 3.63) is 85.1 Å². The zero-order valence-electron chi connectivity index (χ0n) is 45.1. The largest absolute Gasteiger partial charge is 0.481 e. The first-order valence-corrected chi connectivity index (χ1v) is 26.7. The minimum absolute atomic E-state index is 0.195. The molecule has 3 fully saturated rings. The smallest absolute Gasteiger partial charge is 0.315 e. The molecule has 24 nitrogen and oxygen atoms in total. The van der Waals surface area contributed by atoms with Crippen LogP contribution < -0.4 is 16.4 Å². The summed E-state index contributed by atoms with van der Waals surface area (Å²) < 4.78 is 35.6. The van der Waals surface area contributed by atoms with Gasteiger partial charge in [-0.1, -0.05) is 98.9 Å². The summed E-state index contributed by atoms with van der Waals surface area (Å²) in [5.74, 6) is -6.22. The number of aliphatic hydroxyl groups is 9. The number of hydrogen-bond acceptors (Lipinski definition) is 21. The van der Waals surface area contributed by atoms with E-state index in [2.05, 4.69) is 10.6 Å². The number of urea groups is 1. The number of rotatable bonds is 8. The molecule has 20 atom stereocenters. The van der Waals surface area contributed by atoms with Crippen molar-refractivity contribution in [1.29, 1.82) is 0 Å². The molecule has 0 aliphatic carbocycles. The van der Waals surface area contributed by atoms with Gasteiger partial charge in [-0.15, -0.1) is 0 Å². The van der Waals surface area contributed by atoms with Crippen molar-refractivity contribution >= 4 is 29.5 Å². The molecular weight excluding hydrogens is 1040 g/mol. The molecule has 0 saturated carbocycles. The molecule has 0 spiro atoms. The van der Waals surface area contributed by atoms with Crippen LogP contribution in [-0.4, -0.2) is 204 Å². The van der Waals surface area contributed by atoms with Crippen LogP contribution in [0.1, 0.15) is 91.9 Å². The second-order valence-corrected chi connectivity index (χ2v) is 20.7. The molecule has 4 heterocycles. The van der Waals surface area contributed by atoms with Crippen LogP contribution in [0.5, 0.6) is 0 Å². The Balaban J connectivity index is 1.60. The average molecular weight is 1120 g/mol. The number of aliphatic hydroxyl groups excluding tert-OH is 8. The van der Waals surface area contributed by atoms with Crippen molar-refractivity contribution in [2.45, 2.75) is 202 Å². The fraction of sp³-hybridized carbons (Fsp3) is 0.655. The number of allylic oxidation sites excluding steroid dienone is 12. The molecule has 4 aliphatic heterocycles. The third-order valence-corrected chi connectivity index (χ3v) is 13.9. The van der Waals surface area contributed by atoms with Gasteiger partial charge in [-0.2, -0.15) is 0 Å². The number of amides is 2. The van der Waals surface area contributed by atoms with Gasteiger partial charge in [-0.3, -0.25) is 19.2 Å². The van der Waals surface area contributed by atoms with E-state index in [1.807, 2.05) is 13.0 Å². The van der Waals surface area contributed by atoms with E-state index >= 15 is 0 Å². The maximum atomic E-state index is 13.1. The Kier molecular flexibility index (Phi) is 28.0. The standard InChI is InChI=1S/C55H83N3O21/c1-31-17-15-13-11-9-7-5-6-8-10-12-14-16-18-38(77-53-51(71)48(56)43(66)30-74-53)26-44-49(58-54(72)57-22-21-45(67)68)42(65)29-55(73,79-44)28-41(64)39(62)20-19-35(59)23-36(60)24-37(61)25-46(69)75-33(3)32(2)52(31)78-47-27-40(63)50(70)34(4)76-47/h5-18,31-34,36-39,41-44,47-53,60-62,64-66,70-71,73H,19-30,56H2,1-4H3,(H,67,68)(H2,57,58,72)/b6-5+,9-7+,10-8+,13-11+,14-12+,17-15+,18-16+/t31?,32?,33?,34-,36?,37?,38?,39?,41?,42?,43+,44?,47?,48-,49?,50-,51-,52?,53?,55?/m0/s1. The molecule has 15 unspecified atom stereocenters. The summed E-state index contributed by atoms with van der Waals surface area (Å²) in [7, 11) is 0. The monoisotopic (exact) mass is 1120 g/mol. The predicted octanol–water partition coefficient (Wildman–Crippen LogP) is 0.0623. The van der Waals surface area contributed by atoms with Crippen molar-refractivity contribution in [2.75, 3.05) is 13.2 Å². The molecule has 24 heteroatoms. The number of carboxylic acids is 1. The van der Waals surface area contributed by atoms with Gasteiger partial charge in [0.2, 0.25) is 0 Å². The molecule has 4 aliphatic rings. The fourth-order valence-corrected chi connectivity index (χ4v) is 9.32. The van der Waals surface area contributed by atoms with Gasteiger partial charge >= 0.3 is 18.0 Å². The highest BCUT2D eigenvalue weighted by molar-refractivity contribution is 5.84. The van der Waals surface area contributed by atoms with Crippen molar-refractivity contribution in [3.8, 4) is 0 Å². The van der Waals surface area contributed by atoms with Crippen LogP contribution in [-0.2, 0) is 47.6 Å². The summed E-state index contributed by atoms with van der Waals surface area (Å²) in [6.07, 6.45) is 0.777. The Morgan fingerprint density at radius 3 is 1.95 bits per heavy atom. The number of nitrogens with two attached hydrogens (primary N) is 1. The van der Waals surface area contributed by atoms with Crippen LogP contribution in [0.4, 0.5) is 4.79 Å². The molecule has 0 aromatic heterocycles. The number of carbonyl (C=O) groups excluding carboxylic acids is 4. The van der Waals surface area contributed by atoms with Gasteiger partial charge in [-0.25, -0.2) is 4.79 Å². The maximum absolute atomic E-state index is 13.1. The van der Waals surface area contributed by atoms with E-state index in [1.54, 1.807) is 93.7 Å². The third kappa shape index (κ3) is 22.9. The highest BCUT2D eigenvalue weighted by atomic mass is 16.7. The van der Waals surface area contributed by atoms with Crippen LogP contribution in [0, 0.1) is 11.8 Å². The topological polar surface area (TPSA) is 393 Å². The zero-order valence-corrected chi connectivity index (χ0v) is 45.1. The van der Waals surface area contributed by atoms with Gasteiger partial charge in [0.25, 0.3) is 0 Å². The highest BCUT2D eigenvalue weighted by Crippen LogP contribution is 2.35. The molecule has 3 saturated heterocycles. The van der Waals surface area contributed by atoms with E-state index < -0.39 is 184 Å². The number of hydrogen-bond donors (Lipinski definition) is 13. The minimum Gasteiger partial charge on any atom is -0.481 e. The predicted molar refractivity (Wildman–Crippen MR) is 282 cm³/mol. The highest BCUT2D eigenvalue weighted by Gasteiger charge is 2.49. The molecule has 0 aromatic rings. The summed E-state index contributed by atoms with van der Waals surface area (Å²) in [6, 6.07) is -3.38. The summed E-state index contributed by atoms with van der Waals surface area (Å²) in [5, 5.41) is 112. The van der Waals surface area contributed by atoms with E-state index in [-0.39, 0.29) is 44.8 Å². The van der Waals surface area contributed by atoms with E-state index in [1.165, 1.54) is 6.08 Å². The number of carboxylic acid groups (broad SMARTS) is 1. The number of ketones is 2. The van der Waals surface area contributed by atoms with Crippen molar-refractivity contribution in [2.24, 2.45) is 17.6 Å². The quantitative estimate of drug-likeness (QED) is 0.143. The lowest BCUT2D eigenvalue weighted by Gasteiger charge is -2.46. The van der Waals surface area contributed by atoms with Gasteiger partial charge in [0.15, 0.2) is 24.2 Å². The van der Waals surface area contributed by atoms with Gasteiger partial charge in [0.05, 0.1) is 99.0 Å². The molecule has 4 rings (SSSR count). The fourth-order valence-electron chi connectivity index (χ4n) is 9.32. The molecule has 0 aromatic carbocycles. The van der Waals surface area contributed by atoms with E-state index in [0.717, 1.165) is 0 Å². The van der Waals surface area contributed by atoms with Crippen LogP contribution in [0.3, 0.4) is 0 Å². The second-order valence-electron chi connectivity index (χ2n) is 20.7. The summed E-state index contributed by atoms with van der Waals surface area (Å²) >= 11 is 0. The van der Waals surface area contributed by atoms with Gasteiger partial charge in [0, 0.05) is 56.9 Å². The number of ether oxygens (including phenoxy) is 6. The van der Waals surface area contributed by atoms with E-state index in [9.17, 15) is 69.9 Å². The number of Topliss-reactive ketones (excluding diaryl/α,β-unsaturated/α-hetero) is 2. The molecule has 14 N–H and O–H groups in total. The SMILES string of the molecule is CC1/C=C/C=C/C=C/C=C/C=C/C=C/C=C/C(OC2OC[C@@H](O)[C@H](N)[C@@H]2O)CC2OC(O)(CC(O)C(O)CCC(=O)CC(O)CC(O)CC(=O)OC(C)C(C)C1OC1CC(=O)[C@@H](O)[C@H](C)O1)CC(O)C2NC(=O)NCCC(=O)O. The summed E-state index contributed by atoms with van der Waals surface area (Å²) in [6.45, 7) is 6.29. The van der Waals surface area contributed by atoms with Crippen molar-refractivity contribution in [3.63, 3.8) is 0 Å². The lowest BCUT2D eigenvalue weighted by atomic mass is 9.87. The van der Waals surface area contributed by atoms with Crippen molar-refractivity contribution in [1.82, 2.24) is 10.6 Å². The number of nitrogens with one attached hydrogen (secondary N) is 2. The Morgan fingerprint density at radius 2 is 1.33 bits per heavy atom. The average Bonchev–Trinajstić information content (AvgIpc) is 3.40. The summed E-state index contributed by atoms with van der Waals surface area (Å²) in [5.41, 5.74) is 6.00. The molecule has 0 radical (unpaired) electrons. The van der Waals surface area contributed by atoms with Gasteiger partial charge < -0.3 is 95.9 Å². The number of esters is 1. The first-order valence-electron chi connectivity index (χ1n) is 26.7. The van der Waals surface area contributed by atoms with Crippen LogP contribution in [0.25, 0.3) is 0 Å². The van der Waals surface area contributed by atoms with E-state index in [4.69, 9.17) is 39.3 Å². The molecule has 444 valence electrons. The minimum atomic E-state index is -2.39. The van der Waals surface area contributed by atoms with Gasteiger partial charge in [-0.05, 0) is 20.3 Å². The lowest BCUT2D eigenvalue weighted by Crippen LogP contribution is -2.63. The first-order chi connectivity index (χ1) is 37.4. The zero-order chi connectivity index (χ0) is 58.4. The normalized spacial score (nSPS) is 41.5. The molecule has 79 heavy (non-hydrogen) atoms. The molecule has 2 amide bonds. The molecular formula is C55H83N3O21. The number of carbonyl (C=O) groups is 5. The van der Waals surface area contributed by atoms with Crippen LogP contribution in [0.15, 0.2) is 85.1 Å². The first kappa shape index (κ1) is 66.6. The maximum Gasteiger partial charge on any atom is 0.315 e. The Morgan fingerprint density at radius 1 is 0.734 bits per heavy atom. The van der Waals surface area contributed by atoms with E-state index in [0.29, 0.717) is 0 Å². The van der Waals surface area contributed by atoms with Crippen LogP contribution in [0.2, 0.25) is 0 Å². The Bertz CT molecular complexity index is 2170.